The fourth-order valence-corrected chi connectivity index (χ4v) is 2.55. The lowest BCUT2D eigenvalue weighted by atomic mass is 9.98. The van der Waals surface area contributed by atoms with Crippen molar-refractivity contribution in [1.29, 1.82) is 0 Å². The summed E-state index contributed by atoms with van der Waals surface area (Å²) in [5.41, 5.74) is 2.43. The van der Waals surface area contributed by atoms with Gasteiger partial charge in [-0.05, 0) is 37.5 Å². The van der Waals surface area contributed by atoms with Gasteiger partial charge < -0.3 is 0 Å². The third-order valence-electron chi connectivity index (χ3n) is 3.34. The molecule has 0 heterocycles. The van der Waals surface area contributed by atoms with E-state index in [1.54, 1.807) is 5.57 Å². The lowest BCUT2D eigenvalue weighted by Gasteiger charge is -2.06. The second-order valence-electron chi connectivity index (χ2n) is 4.10. The van der Waals surface area contributed by atoms with Gasteiger partial charge in [-0.15, -0.1) is 0 Å². The van der Waals surface area contributed by atoms with Crippen LogP contribution in [0.3, 0.4) is 0 Å². The van der Waals surface area contributed by atoms with Crippen LogP contribution in [0.4, 0.5) is 0 Å². The van der Waals surface area contributed by atoms with Crippen molar-refractivity contribution in [3.8, 4) is 0 Å². The summed E-state index contributed by atoms with van der Waals surface area (Å²) in [7, 11) is 0. The minimum Gasteiger partial charge on any atom is -0.0850 e. The first kappa shape index (κ1) is 6.45. The number of hydrogen-bond acceptors (Lipinski definition) is 0. The lowest BCUT2D eigenvalue weighted by molar-refractivity contribution is 0.476. The van der Waals surface area contributed by atoms with Gasteiger partial charge in [0.05, 0.1) is 0 Å². The first-order chi connectivity index (χ1) is 4.77. The highest BCUT2D eigenvalue weighted by atomic mass is 14.6. The zero-order chi connectivity index (χ0) is 7.19. The number of allylic oxidation sites excluding steroid dienone is 2. The van der Waals surface area contributed by atoms with Gasteiger partial charge in [-0.3, -0.25) is 0 Å². The van der Waals surface area contributed by atoms with Crippen LogP contribution in [0.15, 0.2) is 11.6 Å². The molecule has 2 unspecified atom stereocenters. The van der Waals surface area contributed by atoms with Gasteiger partial charge in [0, 0.05) is 0 Å². The van der Waals surface area contributed by atoms with Crippen LogP contribution in [0.1, 0.15) is 39.5 Å². The highest BCUT2D eigenvalue weighted by Crippen LogP contribution is 2.63. The van der Waals surface area contributed by atoms with E-state index >= 15 is 0 Å². The Morgan fingerprint density at radius 1 is 1.70 bits per heavy atom. The van der Waals surface area contributed by atoms with Crippen LogP contribution in [0.2, 0.25) is 0 Å². The SMILES string of the molecule is CCC1CC12CC=C(C)C2. The maximum absolute atomic E-state index is 2.44. The van der Waals surface area contributed by atoms with Gasteiger partial charge in [-0.2, -0.15) is 0 Å². The molecule has 2 rings (SSSR count). The summed E-state index contributed by atoms with van der Waals surface area (Å²) in [5, 5.41) is 0. The van der Waals surface area contributed by atoms with Gasteiger partial charge in [0.2, 0.25) is 0 Å². The van der Waals surface area contributed by atoms with Crippen LogP contribution >= 0.6 is 0 Å². The molecular formula is C10H16. The molecule has 2 aliphatic carbocycles. The van der Waals surface area contributed by atoms with E-state index in [9.17, 15) is 0 Å². The third-order valence-corrected chi connectivity index (χ3v) is 3.34. The fourth-order valence-electron chi connectivity index (χ4n) is 2.55. The normalized spacial score (nSPS) is 44.2. The van der Waals surface area contributed by atoms with Crippen molar-refractivity contribution >= 4 is 0 Å². The monoisotopic (exact) mass is 136 g/mol. The molecular weight excluding hydrogens is 120 g/mol. The molecule has 0 N–H and O–H groups in total. The van der Waals surface area contributed by atoms with Crippen molar-refractivity contribution in [1.82, 2.24) is 0 Å². The van der Waals surface area contributed by atoms with Crippen molar-refractivity contribution in [3.05, 3.63) is 11.6 Å². The molecule has 0 aromatic rings. The van der Waals surface area contributed by atoms with Gasteiger partial charge in [-0.25, -0.2) is 0 Å². The zero-order valence-corrected chi connectivity index (χ0v) is 6.98. The van der Waals surface area contributed by atoms with Crippen LogP contribution in [0.25, 0.3) is 0 Å². The molecule has 0 heteroatoms. The van der Waals surface area contributed by atoms with E-state index < -0.39 is 0 Å². The standard InChI is InChI=1S/C10H16/c1-3-9-7-10(9)5-4-8(2)6-10/h4,9H,3,5-7H2,1-2H3. The van der Waals surface area contributed by atoms with E-state index in [0.29, 0.717) is 0 Å². The predicted molar refractivity (Wildman–Crippen MR) is 43.8 cm³/mol. The summed E-state index contributed by atoms with van der Waals surface area (Å²) >= 11 is 0. The summed E-state index contributed by atoms with van der Waals surface area (Å²) in [5.74, 6) is 1.07. The van der Waals surface area contributed by atoms with Crippen LogP contribution in [0, 0.1) is 11.3 Å². The van der Waals surface area contributed by atoms with Crippen molar-refractivity contribution < 1.29 is 0 Å². The Bertz CT molecular complexity index is 178. The van der Waals surface area contributed by atoms with E-state index in [-0.39, 0.29) is 0 Å². The van der Waals surface area contributed by atoms with Crippen molar-refractivity contribution in [3.63, 3.8) is 0 Å². The van der Waals surface area contributed by atoms with Crippen LogP contribution < -0.4 is 0 Å². The topological polar surface area (TPSA) is 0 Å². The van der Waals surface area contributed by atoms with Gasteiger partial charge in [0.15, 0.2) is 0 Å². The summed E-state index contributed by atoms with van der Waals surface area (Å²) < 4.78 is 0. The fraction of sp³-hybridized carbons (Fsp3) is 0.800. The molecule has 2 atom stereocenters. The Balaban J connectivity index is 2.00. The first-order valence-electron chi connectivity index (χ1n) is 4.42. The van der Waals surface area contributed by atoms with Gasteiger partial charge >= 0.3 is 0 Å². The van der Waals surface area contributed by atoms with E-state index in [1.807, 2.05) is 0 Å². The molecule has 0 bridgehead atoms. The van der Waals surface area contributed by atoms with E-state index in [2.05, 4.69) is 19.9 Å². The molecule has 0 nitrogen and oxygen atoms in total. The molecule has 1 spiro atoms. The lowest BCUT2D eigenvalue weighted by Crippen LogP contribution is -1.96. The quantitative estimate of drug-likeness (QED) is 0.486. The molecule has 2 aliphatic rings. The van der Waals surface area contributed by atoms with Gasteiger partial charge in [0.25, 0.3) is 0 Å². The summed E-state index contributed by atoms with van der Waals surface area (Å²) in [4.78, 5) is 0. The molecule has 0 amide bonds. The Morgan fingerprint density at radius 2 is 2.50 bits per heavy atom. The van der Waals surface area contributed by atoms with E-state index in [4.69, 9.17) is 0 Å². The Kier molecular flexibility index (Phi) is 1.21. The molecule has 0 radical (unpaired) electrons. The average molecular weight is 136 g/mol. The van der Waals surface area contributed by atoms with Crippen LogP contribution in [0.5, 0.6) is 0 Å². The van der Waals surface area contributed by atoms with Crippen molar-refractivity contribution in [2.45, 2.75) is 39.5 Å². The Morgan fingerprint density at radius 3 is 2.90 bits per heavy atom. The van der Waals surface area contributed by atoms with Crippen LogP contribution in [-0.2, 0) is 0 Å². The van der Waals surface area contributed by atoms with Gasteiger partial charge in [-0.1, -0.05) is 25.0 Å². The molecule has 10 heavy (non-hydrogen) atoms. The van der Waals surface area contributed by atoms with Crippen molar-refractivity contribution in [2.75, 3.05) is 0 Å². The smallest absolute Gasteiger partial charge is 0.0195 e. The third kappa shape index (κ3) is 0.744. The molecule has 0 aromatic carbocycles. The molecule has 56 valence electrons. The largest absolute Gasteiger partial charge is 0.0850 e. The molecule has 0 aliphatic heterocycles. The summed E-state index contributed by atoms with van der Waals surface area (Å²) in [6.45, 7) is 4.60. The average Bonchev–Trinajstić information content (AvgIpc) is 2.46. The Labute approximate surface area is 63.3 Å². The minimum absolute atomic E-state index is 0.791. The first-order valence-corrected chi connectivity index (χ1v) is 4.42. The van der Waals surface area contributed by atoms with E-state index in [0.717, 1.165) is 11.3 Å². The molecule has 1 fully saturated rings. The second-order valence-corrected chi connectivity index (χ2v) is 4.10. The van der Waals surface area contributed by atoms with Crippen molar-refractivity contribution in [2.24, 2.45) is 11.3 Å². The predicted octanol–water partition coefficient (Wildman–Crippen LogP) is 3.14. The zero-order valence-electron chi connectivity index (χ0n) is 6.98. The second kappa shape index (κ2) is 1.87. The Hall–Kier alpha value is -0.260. The highest BCUT2D eigenvalue weighted by Gasteiger charge is 2.53. The van der Waals surface area contributed by atoms with Crippen LogP contribution in [-0.4, -0.2) is 0 Å². The van der Waals surface area contributed by atoms with Gasteiger partial charge in [0.1, 0.15) is 0 Å². The minimum atomic E-state index is 0.791. The van der Waals surface area contributed by atoms with E-state index in [1.165, 1.54) is 25.7 Å². The maximum atomic E-state index is 2.44. The molecule has 1 saturated carbocycles. The maximum Gasteiger partial charge on any atom is -0.0195 e. The summed E-state index contributed by atoms with van der Waals surface area (Å²) in [6, 6.07) is 0. The number of hydrogen-bond donors (Lipinski definition) is 0. The molecule has 0 aromatic heterocycles. The molecule has 0 saturated heterocycles. The number of rotatable bonds is 1. The highest BCUT2D eigenvalue weighted by molar-refractivity contribution is 5.20. The summed E-state index contributed by atoms with van der Waals surface area (Å²) in [6.07, 6.45) is 8.15.